The third kappa shape index (κ3) is 12.6. The summed E-state index contributed by atoms with van der Waals surface area (Å²) in [7, 11) is 1.62. The molecule has 3 unspecified atom stereocenters. The summed E-state index contributed by atoms with van der Waals surface area (Å²) in [5, 5.41) is 22.5. The van der Waals surface area contributed by atoms with Crippen LogP contribution in [-0.4, -0.2) is 61.9 Å². The monoisotopic (exact) mass is 277 g/mol. The van der Waals surface area contributed by atoms with Crippen LogP contribution in [0, 0.1) is 5.41 Å². The molecule has 116 valence electrons. The summed E-state index contributed by atoms with van der Waals surface area (Å²) in [6.07, 6.45) is -0.245. The highest BCUT2D eigenvalue weighted by Gasteiger charge is 2.16. The number of nitrogens with one attached hydrogen (secondary N) is 1. The van der Waals surface area contributed by atoms with E-state index >= 15 is 0 Å². The molecule has 5 nitrogen and oxygen atoms in total. The smallest absolute Gasteiger partial charge is 0.0897 e. The summed E-state index contributed by atoms with van der Waals surface area (Å²) >= 11 is 0. The lowest BCUT2D eigenvalue weighted by Gasteiger charge is -2.23. The van der Waals surface area contributed by atoms with Gasteiger partial charge in [0.05, 0.1) is 31.5 Å². The minimum Gasteiger partial charge on any atom is -0.392 e. The van der Waals surface area contributed by atoms with Crippen molar-refractivity contribution in [3.8, 4) is 0 Å². The average Bonchev–Trinajstić information content (AvgIpc) is 2.24. The molecule has 0 heterocycles. The average molecular weight is 277 g/mol. The van der Waals surface area contributed by atoms with E-state index in [-0.39, 0.29) is 24.2 Å². The van der Waals surface area contributed by atoms with Crippen LogP contribution in [0.15, 0.2) is 0 Å². The van der Waals surface area contributed by atoms with Gasteiger partial charge in [0.1, 0.15) is 0 Å². The van der Waals surface area contributed by atoms with E-state index in [1.54, 1.807) is 7.11 Å². The topological polar surface area (TPSA) is 71.0 Å². The largest absolute Gasteiger partial charge is 0.392 e. The first-order valence-electron chi connectivity index (χ1n) is 6.92. The SMILES string of the molecule is COCC(C)OCC(O)CNCC(O)CC(C)(C)C. The molecule has 3 N–H and O–H groups in total. The number of methoxy groups -OCH3 is 1. The summed E-state index contributed by atoms with van der Waals surface area (Å²) in [5.41, 5.74) is 0.110. The van der Waals surface area contributed by atoms with Crippen LogP contribution in [0.4, 0.5) is 0 Å². The summed E-state index contributed by atoms with van der Waals surface area (Å²) in [6, 6.07) is 0. The Labute approximate surface area is 117 Å². The fourth-order valence-electron chi connectivity index (χ4n) is 1.81. The third-order valence-corrected chi connectivity index (χ3v) is 2.58. The lowest BCUT2D eigenvalue weighted by Crippen LogP contribution is -2.37. The van der Waals surface area contributed by atoms with Crippen molar-refractivity contribution in [1.29, 1.82) is 0 Å². The first kappa shape index (κ1) is 18.8. The summed E-state index contributed by atoms with van der Waals surface area (Å²) in [6.45, 7) is 9.87. The van der Waals surface area contributed by atoms with Crippen LogP contribution < -0.4 is 5.32 Å². The van der Waals surface area contributed by atoms with Crippen molar-refractivity contribution in [1.82, 2.24) is 5.32 Å². The van der Waals surface area contributed by atoms with Crippen LogP contribution in [0.2, 0.25) is 0 Å². The Balaban J connectivity index is 3.60. The van der Waals surface area contributed by atoms with E-state index in [9.17, 15) is 10.2 Å². The predicted octanol–water partition coefficient (Wildman–Crippen LogP) is 0.786. The maximum atomic E-state index is 9.79. The van der Waals surface area contributed by atoms with E-state index in [1.165, 1.54) is 0 Å². The van der Waals surface area contributed by atoms with E-state index in [2.05, 4.69) is 26.1 Å². The standard InChI is InChI=1S/C14H31NO4/c1-11(9-18-5)19-10-13(17)8-15-7-12(16)6-14(2,3)4/h11-13,15-17H,6-10H2,1-5H3. The van der Waals surface area contributed by atoms with Gasteiger partial charge in [0.25, 0.3) is 0 Å². The predicted molar refractivity (Wildman–Crippen MR) is 76.2 cm³/mol. The molecule has 0 aromatic heterocycles. The van der Waals surface area contributed by atoms with Gasteiger partial charge in [-0.1, -0.05) is 20.8 Å². The van der Waals surface area contributed by atoms with Crippen molar-refractivity contribution < 1.29 is 19.7 Å². The Hall–Kier alpha value is -0.200. The van der Waals surface area contributed by atoms with Gasteiger partial charge in [-0.2, -0.15) is 0 Å². The van der Waals surface area contributed by atoms with Crippen molar-refractivity contribution in [3.05, 3.63) is 0 Å². The molecule has 5 heteroatoms. The Kier molecular flexibility index (Phi) is 9.56. The van der Waals surface area contributed by atoms with E-state index in [1.807, 2.05) is 6.92 Å². The van der Waals surface area contributed by atoms with Gasteiger partial charge in [0.2, 0.25) is 0 Å². The molecule has 0 aliphatic rings. The molecule has 0 bridgehead atoms. The number of aliphatic hydroxyl groups is 2. The zero-order valence-electron chi connectivity index (χ0n) is 13.0. The minimum absolute atomic E-state index is 0.0221. The number of aliphatic hydroxyl groups excluding tert-OH is 2. The second-order valence-electron chi connectivity index (χ2n) is 6.33. The molecule has 0 saturated carbocycles. The molecular weight excluding hydrogens is 246 g/mol. The van der Waals surface area contributed by atoms with Crippen LogP contribution in [-0.2, 0) is 9.47 Å². The highest BCUT2D eigenvalue weighted by molar-refractivity contribution is 4.71. The van der Waals surface area contributed by atoms with Crippen molar-refractivity contribution in [3.63, 3.8) is 0 Å². The van der Waals surface area contributed by atoms with Gasteiger partial charge in [0, 0.05) is 20.2 Å². The molecule has 0 spiro atoms. The van der Waals surface area contributed by atoms with Crippen LogP contribution in [0.5, 0.6) is 0 Å². The zero-order chi connectivity index (χ0) is 14.9. The molecule has 0 aromatic carbocycles. The van der Waals surface area contributed by atoms with Crippen LogP contribution >= 0.6 is 0 Å². The van der Waals surface area contributed by atoms with E-state index in [0.29, 0.717) is 19.7 Å². The third-order valence-electron chi connectivity index (χ3n) is 2.58. The van der Waals surface area contributed by atoms with Gasteiger partial charge in [-0.05, 0) is 18.8 Å². The van der Waals surface area contributed by atoms with Crippen LogP contribution in [0.1, 0.15) is 34.1 Å². The molecule has 0 saturated heterocycles. The normalized spacial score (nSPS) is 17.2. The molecule has 3 atom stereocenters. The van der Waals surface area contributed by atoms with E-state index in [0.717, 1.165) is 6.42 Å². The van der Waals surface area contributed by atoms with Gasteiger partial charge < -0.3 is 25.0 Å². The second-order valence-corrected chi connectivity index (χ2v) is 6.33. The van der Waals surface area contributed by atoms with E-state index < -0.39 is 6.10 Å². The molecule has 0 amide bonds. The molecule has 0 aliphatic heterocycles. The molecule has 0 radical (unpaired) electrons. The minimum atomic E-state index is -0.568. The van der Waals surface area contributed by atoms with Gasteiger partial charge >= 0.3 is 0 Å². The molecule has 0 aromatic rings. The quantitative estimate of drug-likeness (QED) is 0.550. The molecule has 0 fully saturated rings. The van der Waals surface area contributed by atoms with Gasteiger partial charge in [-0.3, -0.25) is 0 Å². The Morgan fingerprint density at radius 2 is 1.63 bits per heavy atom. The van der Waals surface area contributed by atoms with Crippen molar-refractivity contribution >= 4 is 0 Å². The summed E-state index contributed by atoms with van der Waals surface area (Å²) in [5.74, 6) is 0. The first-order valence-corrected chi connectivity index (χ1v) is 6.92. The molecular formula is C14H31NO4. The van der Waals surface area contributed by atoms with Gasteiger partial charge in [-0.15, -0.1) is 0 Å². The fourth-order valence-corrected chi connectivity index (χ4v) is 1.81. The molecule has 19 heavy (non-hydrogen) atoms. The second kappa shape index (κ2) is 9.66. The van der Waals surface area contributed by atoms with Crippen LogP contribution in [0.3, 0.4) is 0 Å². The highest BCUT2D eigenvalue weighted by Crippen LogP contribution is 2.20. The molecule has 0 aliphatic carbocycles. The molecule has 0 rings (SSSR count). The van der Waals surface area contributed by atoms with E-state index in [4.69, 9.17) is 9.47 Å². The number of rotatable bonds is 10. The van der Waals surface area contributed by atoms with Crippen molar-refractivity contribution in [2.75, 3.05) is 33.4 Å². The van der Waals surface area contributed by atoms with Gasteiger partial charge in [-0.25, -0.2) is 0 Å². The summed E-state index contributed by atoms with van der Waals surface area (Å²) in [4.78, 5) is 0. The Morgan fingerprint density at radius 3 is 2.16 bits per heavy atom. The Morgan fingerprint density at radius 1 is 1.05 bits per heavy atom. The van der Waals surface area contributed by atoms with Gasteiger partial charge in [0.15, 0.2) is 0 Å². The van der Waals surface area contributed by atoms with Crippen molar-refractivity contribution in [2.24, 2.45) is 5.41 Å². The first-order chi connectivity index (χ1) is 8.74. The number of hydrogen-bond donors (Lipinski definition) is 3. The Bertz CT molecular complexity index is 218. The van der Waals surface area contributed by atoms with Crippen LogP contribution in [0.25, 0.3) is 0 Å². The summed E-state index contributed by atoms with van der Waals surface area (Å²) < 4.78 is 10.3. The fraction of sp³-hybridized carbons (Fsp3) is 1.00. The highest BCUT2D eigenvalue weighted by atomic mass is 16.5. The maximum Gasteiger partial charge on any atom is 0.0897 e. The lowest BCUT2D eigenvalue weighted by molar-refractivity contribution is -0.0316. The lowest BCUT2D eigenvalue weighted by atomic mass is 9.89. The zero-order valence-corrected chi connectivity index (χ0v) is 13.0. The number of hydrogen-bond acceptors (Lipinski definition) is 5. The number of ether oxygens (including phenoxy) is 2. The van der Waals surface area contributed by atoms with Crippen molar-refractivity contribution in [2.45, 2.75) is 52.4 Å². The maximum absolute atomic E-state index is 9.79.